The SMILES string of the molecule is COc1cc(/C(N)=N/O)cc(OC)c1CN(C(=O)OC(C)(C)C)C(=O)OC(C)(C)C. The van der Waals surface area contributed by atoms with Gasteiger partial charge in [-0.1, -0.05) is 5.16 Å². The minimum atomic E-state index is -0.888. The molecule has 0 aliphatic carbocycles. The van der Waals surface area contributed by atoms with Gasteiger partial charge in [-0.3, -0.25) is 0 Å². The van der Waals surface area contributed by atoms with Crippen molar-refractivity contribution in [3.8, 4) is 11.5 Å². The van der Waals surface area contributed by atoms with Gasteiger partial charge in [-0.05, 0) is 53.7 Å². The summed E-state index contributed by atoms with van der Waals surface area (Å²) in [5, 5.41) is 11.9. The zero-order valence-corrected chi connectivity index (χ0v) is 18.7. The van der Waals surface area contributed by atoms with Crippen molar-refractivity contribution in [2.45, 2.75) is 59.3 Å². The maximum Gasteiger partial charge on any atom is 0.420 e. The summed E-state index contributed by atoms with van der Waals surface area (Å²) < 4.78 is 21.5. The van der Waals surface area contributed by atoms with Crippen molar-refractivity contribution in [2.75, 3.05) is 14.2 Å². The molecule has 0 saturated carbocycles. The Morgan fingerprint density at radius 3 is 1.67 bits per heavy atom. The van der Waals surface area contributed by atoms with Crippen LogP contribution in [0.3, 0.4) is 0 Å². The molecule has 168 valence electrons. The highest BCUT2D eigenvalue weighted by Gasteiger charge is 2.33. The van der Waals surface area contributed by atoms with Crippen molar-refractivity contribution in [3.63, 3.8) is 0 Å². The second-order valence-corrected chi connectivity index (χ2v) is 8.39. The number of nitrogens with two attached hydrogens (primary N) is 1. The van der Waals surface area contributed by atoms with Crippen molar-refractivity contribution in [1.29, 1.82) is 0 Å². The molecule has 1 rings (SSSR count). The largest absolute Gasteiger partial charge is 0.496 e. The predicted molar refractivity (Wildman–Crippen MR) is 110 cm³/mol. The molecule has 0 unspecified atom stereocenters. The van der Waals surface area contributed by atoms with Crippen molar-refractivity contribution in [3.05, 3.63) is 23.3 Å². The number of carbonyl (C=O) groups excluding carboxylic acids is 2. The number of hydrogen-bond donors (Lipinski definition) is 2. The lowest BCUT2D eigenvalue weighted by Gasteiger charge is -2.29. The summed E-state index contributed by atoms with van der Waals surface area (Å²) in [6.07, 6.45) is -1.78. The Morgan fingerprint density at radius 1 is 0.967 bits per heavy atom. The van der Waals surface area contributed by atoms with E-state index in [-0.39, 0.29) is 23.9 Å². The first-order chi connectivity index (χ1) is 13.7. The average molecular weight is 425 g/mol. The highest BCUT2D eigenvalue weighted by Crippen LogP contribution is 2.32. The van der Waals surface area contributed by atoms with Crippen LogP contribution in [-0.4, -0.2) is 53.6 Å². The van der Waals surface area contributed by atoms with Crippen LogP contribution in [0.25, 0.3) is 0 Å². The summed E-state index contributed by atoms with van der Waals surface area (Å²) in [4.78, 5) is 26.3. The summed E-state index contributed by atoms with van der Waals surface area (Å²) in [5.41, 5.74) is 4.69. The van der Waals surface area contributed by atoms with Gasteiger partial charge in [0, 0.05) is 5.56 Å². The van der Waals surface area contributed by atoms with Crippen LogP contribution in [-0.2, 0) is 16.0 Å². The lowest BCUT2D eigenvalue weighted by atomic mass is 10.1. The molecule has 0 saturated heterocycles. The minimum Gasteiger partial charge on any atom is -0.496 e. The van der Waals surface area contributed by atoms with E-state index in [1.54, 1.807) is 41.5 Å². The molecule has 1 aromatic rings. The van der Waals surface area contributed by atoms with Crippen molar-refractivity contribution in [2.24, 2.45) is 10.9 Å². The Kier molecular flexibility index (Phi) is 7.92. The van der Waals surface area contributed by atoms with Crippen LogP contribution in [0.2, 0.25) is 0 Å². The highest BCUT2D eigenvalue weighted by molar-refractivity contribution is 5.98. The Morgan fingerprint density at radius 2 is 1.37 bits per heavy atom. The first kappa shape index (κ1) is 24.9. The van der Waals surface area contributed by atoms with Crippen LogP contribution in [0, 0.1) is 0 Å². The molecule has 0 atom stereocenters. The van der Waals surface area contributed by atoms with Gasteiger partial charge in [0.2, 0.25) is 0 Å². The molecule has 3 N–H and O–H groups in total. The third-order valence-electron chi connectivity index (χ3n) is 3.56. The van der Waals surface area contributed by atoms with Gasteiger partial charge in [0.25, 0.3) is 0 Å². The van der Waals surface area contributed by atoms with E-state index in [1.165, 1.54) is 26.4 Å². The zero-order valence-electron chi connectivity index (χ0n) is 18.7. The Balaban J connectivity index is 3.46. The fraction of sp³-hybridized carbons (Fsp3) is 0.550. The second-order valence-electron chi connectivity index (χ2n) is 8.39. The molecular weight excluding hydrogens is 394 g/mol. The summed E-state index contributed by atoms with van der Waals surface area (Å²) in [6.45, 7) is 9.86. The minimum absolute atomic E-state index is 0.158. The number of nitrogens with zero attached hydrogens (tertiary/aromatic N) is 2. The molecule has 0 fully saturated rings. The first-order valence-electron chi connectivity index (χ1n) is 9.18. The summed E-state index contributed by atoms with van der Waals surface area (Å²) in [6, 6.07) is 2.99. The van der Waals surface area contributed by atoms with E-state index in [0.717, 1.165) is 4.90 Å². The van der Waals surface area contributed by atoms with Crippen LogP contribution >= 0.6 is 0 Å². The molecule has 10 nitrogen and oxygen atoms in total. The van der Waals surface area contributed by atoms with Crippen molar-refractivity contribution >= 4 is 18.0 Å². The summed E-state index contributed by atoms with van der Waals surface area (Å²) >= 11 is 0. The van der Waals surface area contributed by atoms with Crippen LogP contribution < -0.4 is 15.2 Å². The van der Waals surface area contributed by atoms with E-state index in [0.29, 0.717) is 11.1 Å². The molecule has 0 spiro atoms. The molecule has 0 bridgehead atoms. The molecule has 0 heterocycles. The molecule has 30 heavy (non-hydrogen) atoms. The first-order valence-corrected chi connectivity index (χ1v) is 9.18. The number of oxime groups is 1. The Bertz CT molecular complexity index is 755. The molecule has 2 amide bonds. The van der Waals surface area contributed by atoms with Gasteiger partial charge in [0.15, 0.2) is 5.84 Å². The third-order valence-corrected chi connectivity index (χ3v) is 3.56. The maximum atomic E-state index is 12.8. The van der Waals surface area contributed by atoms with Gasteiger partial charge in [-0.15, -0.1) is 0 Å². The molecule has 0 radical (unpaired) electrons. The lowest BCUT2D eigenvalue weighted by Crippen LogP contribution is -2.43. The molecule has 1 aromatic carbocycles. The van der Waals surface area contributed by atoms with E-state index in [4.69, 9.17) is 29.9 Å². The smallest absolute Gasteiger partial charge is 0.420 e. The number of amidine groups is 1. The molecule has 10 heteroatoms. The number of methoxy groups -OCH3 is 2. The van der Waals surface area contributed by atoms with Gasteiger partial charge >= 0.3 is 12.2 Å². The summed E-state index contributed by atoms with van der Waals surface area (Å²) in [7, 11) is 2.80. The topological polar surface area (TPSA) is 133 Å². The molecular formula is C20H31N3O7. The average Bonchev–Trinajstić information content (AvgIpc) is 2.61. The zero-order chi connectivity index (χ0) is 23.3. The Labute approximate surface area is 176 Å². The lowest BCUT2D eigenvalue weighted by molar-refractivity contribution is -0.000420. The molecule has 0 aliphatic heterocycles. The van der Waals surface area contributed by atoms with Crippen LogP contribution in [0.4, 0.5) is 9.59 Å². The molecule has 0 aliphatic rings. The van der Waals surface area contributed by atoms with E-state index in [9.17, 15) is 9.59 Å². The van der Waals surface area contributed by atoms with E-state index < -0.39 is 23.4 Å². The van der Waals surface area contributed by atoms with Gasteiger partial charge in [-0.25, -0.2) is 14.5 Å². The number of amides is 2. The monoisotopic (exact) mass is 425 g/mol. The Hall–Kier alpha value is -3.17. The maximum absolute atomic E-state index is 12.8. The van der Waals surface area contributed by atoms with E-state index >= 15 is 0 Å². The van der Waals surface area contributed by atoms with Crippen LogP contribution in [0.1, 0.15) is 52.7 Å². The third kappa shape index (κ3) is 7.02. The number of benzene rings is 1. The quantitative estimate of drug-likeness (QED) is 0.317. The van der Waals surface area contributed by atoms with E-state index in [1.807, 2.05) is 0 Å². The van der Waals surface area contributed by atoms with E-state index in [2.05, 4.69) is 5.16 Å². The molecule has 0 aromatic heterocycles. The van der Waals surface area contributed by atoms with Crippen molar-refractivity contribution < 1.29 is 33.7 Å². The van der Waals surface area contributed by atoms with Gasteiger partial charge in [0.1, 0.15) is 22.7 Å². The van der Waals surface area contributed by atoms with Gasteiger partial charge in [0.05, 0.1) is 26.3 Å². The predicted octanol–water partition coefficient (Wildman–Crippen LogP) is 3.47. The fourth-order valence-electron chi connectivity index (χ4n) is 2.34. The number of hydrogen-bond acceptors (Lipinski definition) is 8. The van der Waals surface area contributed by atoms with Crippen LogP contribution in [0.5, 0.6) is 11.5 Å². The summed E-state index contributed by atoms with van der Waals surface area (Å²) in [5.74, 6) is 0.357. The number of ether oxygens (including phenoxy) is 4. The fourth-order valence-corrected chi connectivity index (χ4v) is 2.34. The van der Waals surface area contributed by atoms with Gasteiger partial charge < -0.3 is 29.9 Å². The number of rotatable bonds is 5. The van der Waals surface area contributed by atoms with Crippen molar-refractivity contribution in [1.82, 2.24) is 4.90 Å². The second kappa shape index (κ2) is 9.55. The standard InChI is InChI=1S/C20H31N3O7/c1-19(2,3)29-17(24)23(18(25)30-20(4,5)6)11-13-14(27-7)9-12(16(21)22-26)10-15(13)28-8/h9-10,26H,11H2,1-8H3,(H2,21,22). The highest BCUT2D eigenvalue weighted by atomic mass is 16.6. The van der Waals surface area contributed by atoms with Gasteiger partial charge in [-0.2, -0.15) is 0 Å². The number of imide groups is 1. The normalized spacial score (nSPS) is 12.2. The number of carbonyl (C=O) groups is 2. The van der Waals surface area contributed by atoms with Crippen LogP contribution in [0.15, 0.2) is 17.3 Å².